The summed E-state index contributed by atoms with van der Waals surface area (Å²) in [4.78, 5) is 22.2. The zero-order valence-electron chi connectivity index (χ0n) is 11.3. The second kappa shape index (κ2) is 10.6. The van der Waals surface area contributed by atoms with E-state index >= 15 is 0 Å². The van der Waals surface area contributed by atoms with E-state index in [1.165, 1.54) is 0 Å². The summed E-state index contributed by atoms with van der Waals surface area (Å²) in [6.45, 7) is 5.99. The predicted molar refractivity (Wildman–Crippen MR) is 70.0 cm³/mol. The van der Waals surface area contributed by atoms with Crippen LogP contribution in [0.2, 0.25) is 0 Å². The highest BCUT2D eigenvalue weighted by molar-refractivity contribution is 5.72. The molecule has 0 amide bonds. The third kappa shape index (κ3) is 9.63. The van der Waals surface area contributed by atoms with Crippen molar-refractivity contribution in [2.75, 3.05) is 6.61 Å². The van der Waals surface area contributed by atoms with Crippen LogP contribution in [-0.2, 0) is 19.1 Å². The molecule has 0 bridgehead atoms. The van der Waals surface area contributed by atoms with Gasteiger partial charge in [0.25, 0.3) is 0 Å². The number of carbonyl (C=O) groups is 2. The van der Waals surface area contributed by atoms with E-state index in [-0.39, 0.29) is 30.9 Å². The van der Waals surface area contributed by atoms with Gasteiger partial charge in [-0.15, -0.1) is 0 Å². The van der Waals surface area contributed by atoms with Gasteiger partial charge in [-0.25, -0.2) is 0 Å². The van der Waals surface area contributed by atoms with E-state index in [0.29, 0.717) is 6.61 Å². The Balaban J connectivity index is 3.73. The largest absolute Gasteiger partial charge is 0.466 e. The van der Waals surface area contributed by atoms with Gasteiger partial charge in [-0.05, 0) is 20.3 Å². The van der Waals surface area contributed by atoms with Gasteiger partial charge in [-0.2, -0.15) is 0 Å². The molecule has 0 N–H and O–H groups in total. The Kier molecular flexibility index (Phi) is 9.64. The van der Waals surface area contributed by atoms with Gasteiger partial charge in [0.1, 0.15) is 0 Å². The molecule has 0 aromatic rings. The Bertz CT molecular complexity index is 305. The van der Waals surface area contributed by atoms with Crippen LogP contribution in [0.5, 0.6) is 0 Å². The first-order valence-corrected chi connectivity index (χ1v) is 6.26. The highest BCUT2D eigenvalue weighted by Gasteiger charge is 2.04. The molecule has 18 heavy (non-hydrogen) atoms. The lowest BCUT2D eigenvalue weighted by Gasteiger charge is -2.08. The van der Waals surface area contributed by atoms with Gasteiger partial charge in [0.15, 0.2) is 0 Å². The fourth-order valence-corrected chi connectivity index (χ4v) is 1.06. The van der Waals surface area contributed by atoms with Gasteiger partial charge >= 0.3 is 11.9 Å². The van der Waals surface area contributed by atoms with Crippen molar-refractivity contribution >= 4 is 11.9 Å². The lowest BCUT2D eigenvalue weighted by molar-refractivity contribution is -0.147. The average molecular weight is 254 g/mol. The van der Waals surface area contributed by atoms with Crippen LogP contribution in [0.4, 0.5) is 0 Å². The lowest BCUT2D eigenvalue weighted by Crippen LogP contribution is -2.12. The van der Waals surface area contributed by atoms with E-state index in [2.05, 4.69) is 0 Å². The second-order valence-electron chi connectivity index (χ2n) is 3.78. The second-order valence-corrected chi connectivity index (χ2v) is 3.78. The van der Waals surface area contributed by atoms with E-state index in [9.17, 15) is 9.59 Å². The molecule has 1 unspecified atom stereocenters. The summed E-state index contributed by atoms with van der Waals surface area (Å²) in [5.41, 5.74) is 0. The van der Waals surface area contributed by atoms with Crippen LogP contribution in [-0.4, -0.2) is 24.6 Å². The maximum atomic E-state index is 11.3. The van der Waals surface area contributed by atoms with Crippen LogP contribution in [0.15, 0.2) is 24.3 Å². The number of hydrogen-bond donors (Lipinski definition) is 0. The third-order valence-electron chi connectivity index (χ3n) is 2.17. The molecular weight excluding hydrogens is 232 g/mol. The van der Waals surface area contributed by atoms with Crippen molar-refractivity contribution in [1.82, 2.24) is 0 Å². The molecule has 0 aliphatic rings. The molecule has 4 heteroatoms. The minimum Gasteiger partial charge on any atom is -0.466 e. The van der Waals surface area contributed by atoms with Crippen LogP contribution in [0.1, 0.15) is 40.0 Å². The number of ether oxygens (including phenoxy) is 2. The number of carbonyl (C=O) groups excluding carboxylic acids is 2. The molecule has 0 saturated carbocycles. The average Bonchev–Trinajstić information content (AvgIpc) is 2.33. The molecule has 0 rings (SSSR count). The van der Waals surface area contributed by atoms with Gasteiger partial charge < -0.3 is 9.47 Å². The molecule has 0 radical (unpaired) electrons. The zero-order chi connectivity index (χ0) is 13.8. The quantitative estimate of drug-likeness (QED) is 0.493. The lowest BCUT2D eigenvalue weighted by atomic mass is 10.3. The van der Waals surface area contributed by atoms with Crippen LogP contribution < -0.4 is 0 Å². The SMILES string of the molecule is CCOC(=O)C/C=C/C=C/CC(=O)OC(C)CC. The molecule has 0 fully saturated rings. The molecule has 0 aliphatic carbocycles. The van der Waals surface area contributed by atoms with Crippen molar-refractivity contribution in [3.05, 3.63) is 24.3 Å². The maximum Gasteiger partial charge on any atom is 0.309 e. The van der Waals surface area contributed by atoms with Gasteiger partial charge in [0, 0.05) is 0 Å². The minimum absolute atomic E-state index is 0.0368. The van der Waals surface area contributed by atoms with E-state index in [1.54, 1.807) is 31.2 Å². The normalized spacial score (nSPS) is 12.8. The van der Waals surface area contributed by atoms with Crippen molar-refractivity contribution in [2.45, 2.75) is 46.1 Å². The molecule has 4 nitrogen and oxygen atoms in total. The molecule has 102 valence electrons. The molecular formula is C14H22O4. The monoisotopic (exact) mass is 254 g/mol. The summed E-state index contributed by atoms with van der Waals surface area (Å²) < 4.78 is 9.84. The Hall–Kier alpha value is -1.58. The third-order valence-corrected chi connectivity index (χ3v) is 2.17. The first kappa shape index (κ1) is 16.4. The fourth-order valence-electron chi connectivity index (χ4n) is 1.06. The predicted octanol–water partition coefficient (Wildman–Crippen LogP) is 2.78. The van der Waals surface area contributed by atoms with Gasteiger partial charge in [0.05, 0.1) is 25.6 Å². The van der Waals surface area contributed by atoms with Crippen molar-refractivity contribution < 1.29 is 19.1 Å². The zero-order valence-corrected chi connectivity index (χ0v) is 11.3. The molecule has 0 aliphatic heterocycles. The standard InChI is InChI=1S/C14H22O4/c1-4-12(3)18-14(16)11-9-7-6-8-10-13(15)17-5-2/h6-9,12H,4-5,10-11H2,1-3H3/b8-6+,9-7+. The molecule has 0 heterocycles. The number of esters is 2. The first-order valence-electron chi connectivity index (χ1n) is 6.26. The van der Waals surface area contributed by atoms with Crippen molar-refractivity contribution in [2.24, 2.45) is 0 Å². The van der Waals surface area contributed by atoms with Crippen LogP contribution >= 0.6 is 0 Å². The van der Waals surface area contributed by atoms with E-state index in [0.717, 1.165) is 6.42 Å². The van der Waals surface area contributed by atoms with Crippen molar-refractivity contribution in [1.29, 1.82) is 0 Å². The van der Waals surface area contributed by atoms with Crippen LogP contribution in [0.3, 0.4) is 0 Å². The summed E-state index contributed by atoms with van der Waals surface area (Å²) >= 11 is 0. The number of allylic oxidation sites excluding steroid dienone is 2. The summed E-state index contributed by atoms with van der Waals surface area (Å²) in [7, 11) is 0. The maximum absolute atomic E-state index is 11.3. The van der Waals surface area contributed by atoms with Crippen LogP contribution in [0, 0.1) is 0 Å². The van der Waals surface area contributed by atoms with Gasteiger partial charge in [-0.1, -0.05) is 31.2 Å². The summed E-state index contributed by atoms with van der Waals surface area (Å²) in [6.07, 6.45) is 8.09. The summed E-state index contributed by atoms with van der Waals surface area (Å²) in [5, 5.41) is 0. The highest BCUT2D eigenvalue weighted by Crippen LogP contribution is 1.99. The molecule has 0 aromatic carbocycles. The molecule has 0 spiro atoms. The van der Waals surface area contributed by atoms with Crippen molar-refractivity contribution in [3.63, 3.8) is 0 Å². The Morgan fingerprint density at radius 2 is 1.61 bits per heavy atom. The smallest absolute Gasteiger partial charge is 0.309 e. The first-order chi connectivity index (χ1) is 8.60. The number of hydrogen-bond acceptors (Lipinski definition) is 4. The Morgan fingerprint density at radius 3 is 2.11 bits per heavy atom. The van der Waals surface area contributed by atoms with E-state index < -0.39 is 0 Å². The van der Waals surface area contributed by atoms with Gasteiger partial charge in [0.2, 0.25) is 0 Å². The van der Waals surface area contributed by atoms with Crippen LogP contribution in [0.25, 0.3) is 0 Å². The summed E-state index contributed by atoms with van der Waals surface area (Å²) in [6, 6.07) is 0. The Labute approximate surface area is 109 Å². The minimum atomic E-state index is -0.252. The molecule has 0 saturated heterocycles. The van der Waals surface area contributed by atoms with E-state index in [1.807, 2.05) is 13.8 Å². The van der Waals surface area contributed by atoms with Gasteiger partial charge in [-0.3, -0.25) is 9.59 Å². The molecule has 0 aromatic heterocycles. The summed E-state index contributed by atoms with van der Waals surface area (Å²) in [5.74, 6) is -0.488. The number of rotatable bonds is 8. The highest BCUT2D eigenvalue weighted by atomic mass is 16.5. The fraction of sp³-hybridized carbons (Fsp3) is 0.571. The Morgan fingerprint density at radius 1 is 1.06 bits per heavy atom. The van der Waals surface area contributed by atoms with Crippen molar-refractivity contribution in [3.8, 4) is 0 Å². The topological polar surface area (TPSA) is 52.6 Å². The van der Waals surface area contributed by atoms with E-state index in [4.69, 9.17) is 9.47 Å². The molecule has 1 atom stereocenters.